The highest BCUT2D eigenvalue weighted by atomic mass is 19.1. The number of halogens is 1. The molecule has 0 radical (unpaired) electrons. The van der Waals surface area contributed by atoms with Crippen molar-refractivity contribution in [3.63, 3.8) is 0 Å². The average Bonchev–Trinajstić information content (AvgIpc) is 3.39. The number of likely N-dealkylation sites (tertiary alicyclic amines) is 1. The maximum atomic E-state index is 14.2. The maximum absolute atomic E-state index is 14.2. The molecule has 2 aromatic rings. The van der Waals surface area contributed by atoms with Gasteiger partial charge in [0.25, 0.3) is 0 Å². The normalized spacial score (nSPS) is 21.1. The van der Waals surface area contributed by atoms with Crippen LogP contribution >= 0.6 is 0 Å². The Labute approximate surface area is 213 Å². The van der Waals surface area contributed by atoms with Gasteiger partial charge in [-0.1, -0.05) is 19.3 Å². The Balaban J connectivity index is 1.63. The summed E-state index contributed by atoms with van der Waals surface area (Å²) in [6, 6.07) is 8.25. The van der Waals surface area contributed by atoms with E-state index in [9.17, 15) is 14.0 Å². The van der Waals surface area contributed by atoms with Crippen LogP contribution in [0.3, 0.4) is 0 Å². The van der Waals surface area contributed by atoms with Gasteiger partial charge < -0.3 is 20.9 Å². The molecule has 1 saturated heterocycles. The summed E-state index contributed by atoms with van der Waals surface area (Å²) in [6.07, 6.45) is 10.5. The van der Waals surface area contributed by atoms with Gasteiger partial charge in [-0.3, -0.25) is 14.6 Å². The van der Waals surface area contributed by atoms with Crippen LogP contribution in [0.1, 0.15) is 63.5 Å². The van der Waals surface area contributed by atoms with Gasteiger partial charge in [0.2, 0.25) is 11.8 Å². The second-order valence-corrected chi connectivity index (χ2v) is 10.4. The summed E-state index contributed by atoms with van der Waals surface area (Å²) in [5.74, 6) is -1.17. The molecular weight excluding hydrogens is 457 g/mol. The van der Waals surface area contributed by atoms with E-state index in [2.05, 4.69) is 10.3 Å². The highest BCUT2D eigenvalue weighted by Gasteiger charge is 2.50. The number of aromatic nitrogens is 1. The standard InChI is InChI=1S/C28H38FN5O2/c1-28(31-2,27(30)36)25(19-8-5-4-6-9-19)26(35)34-15-7-10-24(34)20-16-23(18-32-17-20)33(3)22-13-11-21(29)12-14-22/h11-14,16-19,24-25,31H,4-10,15H2,1-3H3,(H2,30,36)/t24-,25+,28?/m0/s1. The van der Waals surface area contributed by atoms with E-state index in [-0.39, 0.29) is 23.7 Å². The number of nitrogens with one attached hydrogen (secondary N) is 1. The summed E-state index contributed by atoms with van der Waals surface area (Å²) in [7, 11) is 3.63. The Morgan fingerprint density at radius 2 is 1.81 bits per heavy atom. The number of benzene rings is 1. The molecule has 2 amide bonds. The van der Waals surface area contributed by atoms with Crippen LogP contribution in [0.4, 0.5) is 15.8 Å². The zero-order valence-electron chi connectivity index (χ0n) is 21.5. The first-order chi connectivity index (χ1) is 17.3. The van der Waals surface area contributed by atoms with Crippen LogP contribution in [-0.4, -0.2) is 47.9 Å². The van der Waals surface area contributed by atoms with E-state index in [1.165, 1.54) is 12.1 Å². The first kappa shape index (κ1) is 26.1. The molecule has 7 nitrogen and oxygen atoms in total. The smallest absolute Gasteiger partial charge is 0.238 e. The van der Waals surface area contributed by atoms with Crippen LogP contribution in [0.15, 0.2) is 42.7 Å². The zero-order chi connectivity index (χ0) is 25.9. The highest BCUT2D eigenvalue weighted by Crippen LogP contribution is 2.41. The third-order valence-electron chi connectivity index (χ3n) is 8.31. The molecular formula is C28H38FN5O2. The van der Waals surface area contributed by atoms with Crippen molar-refractivity contribution in [1.82, 2.24) is 15.2 Å². The van der Waals surface area contributed by atoms with Gasteiger partial charge in [-0.25, -0.2) is 4.39 Å². The number of carbonyl (C=O) groups is 2. The lowest BCUT2D eigenvalue weighted by atomic mass is 9.69. The van der Waals surface area contributed by atoms with E-state index in [4.69, 9.17) is 5.73 Å². The predicted molar refractivity (Wildman–Crippen MR) is 139 cm³/mol. The molecule has 0 bridgehead atoms. The van der Waals surface area contributed by atoms with Gasteiger partial charge in [0, 0.05) is 25.5 Å². The van der Waals surface area contributed by atoms with Crippen LogP contribution in [0.2, 0.25) is 0 Å². The lowest BCUT2D eigenvalue weighted by Crippen LogP contribution is -2.63. The van der Waals surface area contributed by atoms with Crippen molar-refractivity contribution in [2.75, 3.05) is 25.5 Å². The SMILES string of the molecule is CNC(C)(C(N)=O)[C@@H](C(=O)N1CCC[C@H]1c1cncc(N(C)c2ccc(F)cc2)c1)C1CCCCC1. The van der Waals surface area contributed by atoms with Crippen molar-refractivity contribution >= 4 is 23.2 Å². The van der Waals surface area contributed by atoms with E-state index < -0.39 is 17.4 Å². The molecule has 1 aromatic carbocycles. The molecule has 2 aliphatic rings. The number of nitrogens with two attached hydrogens (primary N) is 1. The minimum Gasteiger partial charge on any atom is -0.368 e. The van der Waals surface area contributed by atoms with Crippen LogP contribution < -0.4 is 16.0 Å². The van der Waals surface area contributed by atoms with E-state index in [0.29, 0.717) is 6.54 Å². The van der Waals surface area contributed by atoms with Gasteiger partial charge in [-0.15, -0.1) is 0 Å². The summed E-state index contributed by atoms with van der Waals surface area (Å²) < 4.78 is 13.4. The van der Waals surface area contributed by atoms with E-state index in [0.717, 1.165) is 61.9 Å². The van der Waals surface area contributed by atoms with Crippen molar-refractivity contribution in [2.24, 2.45) is 17.6 Å². The number of carbonyl (C=O) groups excluding carboxylic acids is 2. The molecule has 1 aliphatic heterocycles. The van der Waals surface area contributed by atoms with Crippen LogP contribution in [0.25, 0.3) is 0 Å². The number of primary amides is 1. The first-order valence-corrected chi connectivity index (χ1v) is 13.0. The molecule has 1 aliphatic carbocycles. The largest absolute Gasteiger partial charge is 0.368 e. The monoisotopic (exact) mass is 495 g/mol. The third kappa shape index (κ3) is 5.09. The number of hydrogen-bond acceptors (Lipinski definition) is 5. The summed E-state index contributed by atoms with van der Waals surface area (Å²) in [6.45, 7) is 2.42. The summed E-state index contributed by atoms with van der Waals surface area (Å²) >= 11 is 0. The molecule has 2 fully saturated rings. The molecule has 4 rings (SSSR count). The van der Waals surface area contributed by atoms with Crippen molar-refractivity contribution in [1.29, 1.82) is 0 Å². The first-order valence-electron chi connectivity index (χ1n) is 13.0. The molecule has 194 valence electrons. The third-order valence-corrected chi connectivity index (χ3v) is 8.31. The number of nitrogens with zero attached hydrogens (tertiary/aromatic N) is 3. The topological polar surface area (TPSA) is 91.6 Å². The fourth-order valence-corrected chi connectivity index (χ4v) is 6.00. The van der Waals surface area contributed by atoms with Gasteiger partial charge in [0.05, 0.1) is 23.8 Å². The molecule has 1 unspecified atom stereocenters. The van der Waals surface area contributed by atoms with Gasteiger partial charge in [-0.05, 0) is 81.5 Å². The summed E-state index contributed by atoms with van der Waals surface area (Å²) in [5.41, 5.74) is 7.43. The van der Waals surface area contributed by atoms with Crippen molar-refractivity contribution in [2.45, 2.75) is 63.5 Å². The van der Waals surface area contributed by atoms with Gasteiger partial charge in [-0.2, -0.15) is 0 Å². The lowest BCUT2D eigenvalue weighted by Gasteiger charge is -2.43. The van der Waals surface area contributed by atoms with E-state index >= 15 is 0 Å². The number of amides is 2. The zero-order valence-corrected chi connectivity index (χ0v) is 21.5. The minimum atomic E-state index is -1.12. The fraction of sp³-hybridized carbons (Fsp3) is 0.536. The predicted octanol–water partition coefficient (Wildman–Crippen LogP) is 4.31. The Morgan fingerprint density at radius 1 is 1.11 bits per heavy atom. The molecule has 2 heterocycles. The van der Waals surface area contributed by atoms with Crippen molar-refractivity contribution in [3.05, 3.63) is 54.1 Å². The highest BCUT2D eigenvalue weighted by molar-refractivity contribution is 5.93. The number of anilines is 2. The van der Waals surface area contributed by atoms with Gasteiger partial charge in [0.1, 0.15) is 11.4 Å². The van der Waals surface area contributed by atoms with Gasteiger partial charge >= 0.3 is 0 Å². The van der Waals surface area contributed by atoms with E-state index in [1.807, 2.05) is 29.1 Å². The van der Waals surface area contributed by atoms with Crippen LogP contribution in [0, 0.1) is 17.7 Å². The second-order valence-electron chi connectivity index (χ2n) is 10.4. The van der Waals surface area contributed by atoms with Gasteiger partial charge in [0.15, 0.2) is 0 Å². The van der Waals surface area contributed by atoms with Crippen molar-refractivity contribution < 1.29 is 14.0 Å². The molecule has 3 N–H and O–H groups in total. The number of likely N-dealkylation sites (N-methyl/N-ethyl adjacent to an activating group) is 1. The summed E-state index contributed by atoms with van der Waals surface area (Å²) in [5, 5.41) is 3.11. The molecule has 3 atom stereocenters. The number of rotatable bonds is 8. The Morgan fingerprint density at radius 3 is 2.44 bits per heavy atom. The summed E-state index contributed by atoms with van der Waals surface area (Å²) in [4.78, 5) is 35.2. The maximum Gasteiger partial charge on any atom is 0.238 e. The van der Waals surface area contributed by atoms with Crippen LogP contribution in [0.5, 0.6) is 0 Å². The van der Waals surface area contributed by atoms with E-state index in [1.54, 1.807) is 32.3 Å². The second kappa shape index (κ2) is 10.9. The molecule has 0 spiro atoms. The molecule has 36 heavy (non-hydrogen) atoms. The Kier molecular flexibility index (Phi) is 7.93. The quantitative estimate of drug-likeness (QED) is 0.569. The Bertz CT molecular complexity index is 1070. The fourth-order valence-electron chi connectivity index (χ4n) is 6.00. The number of hydrogen-bond donors (Lipinski definition) is 2. The molecule has 8 heteroatoms. The molecule has 1 aromatic heterocycles. The Hall–Kier alpha value is -3.00. The average molecular weight is 496 g/mol. The lowest BCUT2D eigenvalue weighted by molar-refractivity contribution is -0.147. The number of pyridine rings is 1. The molecule has 1 saturated carbocycles. The minimum absolute atomic E-state index is 0.00246. The van der Waals surface area contributed by atoms with Crippen molar-refractivity contribution in [3.8, 4) is 0 Å². The van der Waals surface area contributed by atoms with Crippen LogP contribution in [-0.2, 0) is 9.59 Å².